The molecule has 0 unspecified atom stereocenters. The lowest BCUT2D eigenvalue weighted by molar-refractivity contribution is 0.246. The molecule has 0 radical (unpaired) electrons. The molecule has 0 spiro atoms. The lowest BCUT2D eigenvalue weighted by Gasteiger charge is -2.28. The Bertz CT molecular complexity index is 1300. The van der Waals surface area contributed by atoms with Crippen molar-refractivity contribution in [3.8, 4) is 17.1 Å². The number of anilines is 2. The molecule has 4 bridgehead atoms. The summed E-state index contributed by atoms with van der Waals surface area (Å²) in [5, 5.41) is 3.34. The van der Waals surface area contributed by atoms with E-state index in [1.54, 1.807) is 18.2 Å². The monoisotopic (exact) mass is 493 g/mol. The fourth-order valence-electron chi connectivity index (χ4n) is 5.10. The van der Waals surface area contributed by atoms with Gasteiger partial charge in [-0.25, -0.2) is 14.7 Å². The van der Waals surface area contributed by atoms with E-state index in [9.17, 15) is 8.42 Å². The van der Waals surface area contributed by atoms with Crippen LogP contribution in [0.2, 0.25) is 0 Å². The number of ether oxygens (including phenoxy) is 1. The minimum absolute atomic E-state index is 0.0296. The number of benzene rings is 1. The predicted molar refractivity (Wildman–Crippen MR) is 136 cm³/mol. The first-order chi connectivity index (χ1) is 16.9. The summed E-state index contributed by atoms with van der Waals surface area (Å²) in [6.45, 7) is 4.40. The lowest BCUT2D eigenvalue weighted by Crippen LogP contribution is -2.31. The van der Waals surface area contributed by atoms with Crippen molar-refractivity contribution in [3.63, 3.8) is 0 Å². The van der Waals surface area contributed by atoms with Gasteiger partial charge in [-0.3, -0.25) is 0 Å². The molecule has 2 N–H and O–H groups in total. The van der Waals surface area contributed by atoms with Crippen LogP contribution in [-0.4, -0.2) is 36.0 Å². The number of rotatable bonds is 3. The van der Waals surface area contributed by atoms with Crippen LogP contribution in [0.25, 0.3) is 11.3 Å². The third-order valence-electron chi connectivity index (χ3n) is 6.79. The van der Waals surface area contributed by atoms with Gasteiger partial charge in [0, 0.05) is 11.6 Å². The summed E-state index contributed by atoms with van der Waals surface area (Å²) in [5.41, 5.74) is 3.62. The average molecular weight is 494 g/mol. The van der Waals surface area contributed by atoms with Gasteiger partial charge in [-0.15, -0.1) is 0 Å². The van der Waals surface area contributed by atoms with Crippen LogP contribution in [0.15, 0.2) is 47.5 Å². The van der Waals surface area contributed by atoms with Crippen LogP contribution in [-0.2, 0) is 10.0 Å². The lowest BCUT2D eigenvalue weighted by atomic mass is 9.85. The highest BCUT2D eigenvalue weighted by Crippen LogP contribution is 2.31. The number of hydrogen-bond donors (Lipinski definition) is 2. The molecular formula is C26H31N5O3S. The molecule has 1 aliphatic carbocycles. The minimum Gasteiger partial charge on any atom is -0.475 e. The number of fused-ring (bicyclic) bond motifs is 4. The van der Waals surface area contributed by atoms with Crippen molar-refractivity contribution >= 4 is 21.8 Å². The van der Waals surface area contributed by atoms with Crippen LogP contribution < -0.4 is 14.8 Å². The molecule has 3 heterocycles. The van der Waals surface area contributed by atoms with Crippen molar-refractivity contribution in [2.45, 2.75) is 63.4 Å². The van der Waals surface area contributed by atoms with Crippen molar-refractivity contribution in [2.24, 2.45) is 5.92 Å². The van der Waals surface area contributed by atoms with E-state index in [2.05, 4.69) is 25.0 Å². The zero-order valence-corrected chi connectivity index (χ0v) is 20.9. The Morgan fingerprint density at radius 3 is 2.49 bits per heavy atom. The maximum atomic E-state index is 13.1. The molecule has 2 aliphatic rings. The summed E-state index contributed by atoms with van der Waals surface area (Å²) in [4.78, 5) is 13.3. The zero-order chi connectivity index (χ0) is 24.4. The summed E-state index contributed by atoms with van der Waals surface area (Å²) in [5.74, 6) is 1.42. The van der Waals surface area contributed by atoms with Gasteiger partial charge in [0.15, 0.2) is 5.03 Å². The first-order valence-corrected chi connectivity index (χ1v) is 13.7. The first kappa shape index (κ1) is 23.5. The van der Waals surface area contributed by atoms with Crippen LogP contribution in [0.1, 0.15) is 49.7 Å². The normalized spacial score (nSPS) is 19.9. The molecule has 1 saturated carbocycles. The van der Waals surface area contributed by atoms with Crippen LogP contribution in [0, 0.1) is 19.8 Å². The Balaban J connectivity index is 1.56. The molecule has 35 heavy (non-hydrogen) atoms. The largest absolute Gasteiger partial charge is 0.475 e. The molecule has 1 aliphatic heterocycles. The third-order valence-corrected chi connectivity index (χ3v) is 8.02. The van der Waals surface area contributed by atoms with Crippen molar-refractivity contribution in [3.05, 3.63) is 53.6 Å². The number of aryl methyl sites for hydroxylation is 2. The fourth-order valence-corrected chi connectivity index (χ4v) is 6.01. The Kier molecular flexibility index (Phi) is 6.60. The Hall–Kier alpha value is -3.20. The summed E-state index contributed by atoms with van der Waals surface area (Å²) in [7, 11) is -3.99. The number of nitrogens with zero attached hydrogens (tertiary/aromatic N) is 3. The zero-order valence-electron chi connectivity index (χ0n) is 20.1. The molecule has 3 aromatic rings. The fraction of sp³-hybridized carbons (Fsp3) is 0.423. The van der Waals surface area contributed by atoms with Crippen LogP contribution in [0.4, 0.5) is 11.8 Å². The van der Waals surface area contributed by atoms with E-state index in [1.165, 1.54) is 38.2 Å². The standard InChI is InChI=1S/C26H31N5O3S/c1-17-8-6-9-18(2)25(17)21-15-23-30-26(28-21)31-35(32,33)24-13-7-12-22(29-24)27-20(16-34-23)14-19-10-4-3-5-11-19/h6-9,12-13,15,19-20H,3-5,10-11,14,16H2,1-2H3,(H,27,29)(H,28,30,31)/t20-/m1/s1. The van der Waals surface area contributed by atoms with Crippen molar-refractivity contribution in [1.29, 1.82) is 0 Å². The van der Waals surface area contributed by atoms with Gasteiger partial charge in [0.1, 0.15) is 12.4 Å². The average Bonchev–Trinajstić information content (AvgIpc) is 2.82. The van der Waals surface area contributed by atoms with E-state index in [0.717, 1.165) is 23.1 Å². The van der Waals surface area contributed by atoms with Crippen molar-refractivity contribution in [2.75, 3.05) is 16.6 Å². The maximum absolute atomic E-state index is 13.1. The van der Waals surface area contributed by atoms with E-state index in [1.807, 2.05) is 32.0 Å². The van der Waals surface area contributed by atoms with Crippen molar-refractivity contribution < 1.29 is 13.2 Å². The van der Waals surface area contributed by atoms with E-state index >= 15 is 0 Å². The molecule has 0 amide bonds. The maximum Gasteiger partial charge on any atom is 0.281 e. The van der Waals surface area contributed by atoms with Gasteiger partial charge >= 0.3 is 0 Å². The molecular weight excluding hydrogens is 462 g/mol. The van der Waals surface area contributed by atoms with Gasteiger partial charge in [-0.2, -0.15) is 13.4 Å². The van der Waals surface area contributed by atoms with E-state index < -0.39 is 10.0 Å². The van der Waals surface area contributed by atoms with Crippen LogP contribution in [0.3, 0.4) is 0 Å². The molecule has 0 saturated heterocycles. The molecule has 2 aromatic heterocycles. The topological polar surface area (TPSA) is 106 Å². The van der Waals surface area contributed by atoms with Gasteiger partial charge in [0.25, 0.3) is 10.0 Å². The van der Waals surface area contributed by atoms with Crippen LogP contribution in [0.5, 0.6) is 5.88 Å². The highest BCUT2D eigenvalue weighted by atomic mass is 32.2. The smallest absolute Gasteiger partial charge is 0.281 e. The molecule has 9 heteroatoms. The second kappa shape index (κ2) is 9.81. The summed E-state index contributed by atoms with van der Waals surface area (Å²) < 4.78 is 35.0. The minimum atomic E-state index is -3.99. The van der Waals surface area contributed by atoms with Gasteiger partial charge in [0.05, 0.1) is 11.7 Å². The number of hydrogen-bond acceptors (Lipinski definition) is 7. The van der Waals surface area contributed by atoms with Crippen LogP contribution >= 0.6 is 0 Å². The summed E-state index contributed by atoms with van der Waals surface area (Å²) in [6, 6.07) is 12.7. The van der Waals surface area contributed by atoms with Gasteiger partial charge in [-0.1, -0.05) is 56.4 Å². The SMILES string of the molecule is Cc1cccc(C)c1-c1cc2nc(n1)NS(=O)(=O)c1cccc(n1)N[C@H](CC1CCCCC1)CO2. The van der Waals surface area contributed by atoms with Gasteiger partial charge in [0.2, 0.25) is 11.8 Å². The highest BCUT2D eigenvalue weighted by Gasteiger charge is 2.24. The third kappa shape index (κ3) is 5.40. The van der Waals surface area contributed by atoms with E-state index in [0.29, 0.717) is 29.9 Å². The van der Waals surface area contributed by atoms with E-state index in [4.69, 9.17) is 4.74 Å². The van der Waals surface area contributed by atoms with Crippen molar-refractivity contribution in [1.82, 2.24) is 15.0 Å². The van der Waals surface area contributed by atoms with Gasteiger partial charge in [-0.05, 0) is 49.4 Å². The highest BCUT2D eigenvalue weighted by molar-refractivity contribution is 7.92. The molecule has 1 fully saturated rings. The Labute approximate surface area is 206 Å². The van der Waals surface area contributed by atoms with E-state index in [-0.39, 0.29) is 17.0 Å². The summed E-state index contributed by atoms with van der Waals surface area (Å²) in [6.07, 6.45) is 7.15. The number of sulfonamides is 1. The second-order valence-electron chi connectivity index (χ2n) is 9.54. The number of pyridine rings is 1. The van der Waals surface area contributed by atoms with Gasteiger partial charge < -0.3 is 10.1 Å². The number of nitrogens with one attached hydrogen (secondary N) is 2. The molecule has 8 nitrogen and oxygen atoms in total. The second-order valence-corrected chi connectivity index (χ2v) is 11.2. The quantitative estimate of drug-likeness (QED) is 0.523. The predicted octanol–water partition coefficient (Wildman–Crippen LogP) is 5.10. The first-order valence-electron chi connectivity index (χ1n) is 12.2. The molecule has 5 rings (SSSR count). The summed E-state index contributed by atoms with van der Waals surface area (Å²) >= 11 is 0. The number of aromatic nitrogens is 3. The molecule has 1 aromatic carbocycles. The Morgan fingerprint density at radius 1 is 0.971 bits per heavy atom. The molecule has 184 valence electrons. The molecule has 1 atom stereocenters. The Morgan fingerprint density at radius 2 is 1.71 bits per heavy atom.